The predicted molar refractivity (Wildman–Crippen MR) is 126 cm³/mol. The highest BCUT2D eigenvalue weighted by molar-refractivity contribution is 9.10. The minimum Gasteiger partial charge on any atom is -0.422 e. The van der Waals surface area contributed by atoms with Crippen LogP contribution in [0.4, 0.5) is 10.5 Å². The third-order valence-electron chi connectivity index (χ3n) is 4.94. The molecule has 1 N–H and O–H groups in total. The summed E-state index contributed by atoms with van der Waals surface area (Å²) in [7, 11) is 0. The van der Waals surface area contributed by atoms with Crippen LogP contribution >= 0.6 is 15.9 Å². The van der Waals surface area contributed by atoms with E-state index in [1.54, 1.807) is 79.7 Å². The number of halogens is 1. The standard InChI is InChI=1S/C25H17BrN2O5/c1-15-7-5-6-10-20(15)28-23(30)19(22(29)27-25(28)32)14-17-13-18(26)11-12-21(17)33-24(31)16-8-3-2-4-9-16/h2-14H,1H3,(H,27,29,32)/b19-14-. The molecule has 3 aromatic carbocycles. The summed E-state index contributed by atoms with van der Waals surface area (Å²) in [4.78, 5) is 51.7. The quantitative estimate of drug-likeness (QED) is 0.241. The molecule has 0 unspecified atom stereocenters. The number of barbiturate groups is 1. The van der Waals surface area contributed by atoms with Gasteiger partial charge in [0.05, 0.1) is 11.3 Å². The lowest BCUT2D eigenvalue weighted by atomic mass is 10.0. The molecule has 33 heavy (non-hydrogen) atoms. The van der Waals surface area contributed by atoms with Crippen LogP contribution in [0.15, 0.2) is 82.8 Å². The molecule has 4 amide bonds. The second-order valence-corrected chi connectivity index (χ2v) is 8.10. The molecule has 7 nitrogen and oxygen atoms in total. The molecule has 1 aliphatic rings. The number of rotatable bonds is 4. The van der Waals surface area contributed by atoms with Gasteiger partial charge in [-0.15, -0.1) is 0 Å². The van der Waals surface area contributed by atoms with Crippen molar-refractivity contribution >= 4 is 51.5 Å². The lowest BCUT2D eigenvalue weighted by Crippen LogP contribution is -2.54. The predicted octanol–water partition coefficient (Wildman–Crippen LogP) is 4.64. The number of amides is 4. The van der Waals surface area contributed by atoms with Crippen LogP contribution in [0.5, 0.6) is 5.75 Å². The van der Waals surface area contributed by atoms with E-state index in [0.29, 0.717) is 26.9 Å². The van der Waals surface area contributed by atoms with Crippen LogP contribution in [0.25, 0.3) is 6.08 Å². The summed E-state index contributed by atoms with van der Waals surface area (Å²) in [6, 6.07) is 19.3. The average Bonchev–Trinajstić information content (AvgIpc) is 2.80. The number of hydrogen-bond donors (Lipinski definition) is 1. The zero-order chi connectivity index (χ0) is 23.5. The molecule has 4 rings (SSSR count). The van der Waals surface area contributed by atoms with Crippen LogP contribution in [0.1, 0.15) is 21.5 Å². The number of urea groups is 1. The largest absolute Gasteiger partial charge is 0.422 e. The Kier molecular flexibility index (Phi) is 6.19. The van der Waals surface area contributed by atoms with E-state index in [2.05, 4.69) is 21.2 Å². The Bertz CT molecular complexity index is 1320. The van der Waals surface area contributed by atoms with Crippen molar-refractivity contribution in [1.82, 2.24) is 5.32 Å². The highest BCUT2D eigenvalue weighted by Gasteiger charge is 2.37. The summed E-state index contributed by atoms with van der Waals surface area (Å²) < 4.78 is 6.17. The van der Waals surface area contributed by atoms with Gasteiger partial charge in [-0.1, -0.05) is 52.3 Å². The van der Waals surface area contributed by atoms with Crippen molar-refractivity contribution in [3.63, 3.8) is 0 Å². The zero-order valence-corrected chi connectivity index (χ0v) is 19.0. The molecule has 164 valence electrons. The molecule has 0 saturated carbocycles. The van der Waals surface area contributed by atoms with Crippen molar-refractivity contribution < 1.29 is 23.9 Å². The minimum absolute atomic E-state index is 0.152. The fraction of sp³-hybridized carbons (Fsp3) is 0.0400. The summed E-state index contributed by atoms with van der Waals surface area (Å²) in [6.45, 7) is 1.76. The first-order valence-corrected chi connectivity index (χ1v) is 10.7. The van der Waals surface area contributed by atoms with Crippen LogP contribution in [-0.4, -0.2) is 23.8 Å². The highest BCUT2D eigenvalue weighted by Crippen LogP contribution is 2.29. The molecule has 1 saturated heterocycles. The van der Waals surface area contributed by atoms with Crippen LogP contribution in [0.2, 0.25) is 0 Å². The van der Waals surface area contributed by atoms with Gasteiger partial charge in [-0.05, 0) is 55.0 Å². The molecule has 0 spiro atoms. The van der Waals surface area contributed by atoms with Gasteiger partial charge in [0.25, 0.3) is 11.8 Å². The van der Waals surface area contributed by atoms with Gasteiger partial charge >= 0.3 is 12.0 Å². The molecule has 0 aliphatic carbocycles. The van der Waals surface area contributed by atoms with Gasteiger partial charge in [0.15, 0.2) is 0 Å². The van der Waals surface area contributed by atoms with Gasteiger partial charge in [-0.25, -0.2) is 14.5 Å². The number of nitrogens with zero attached hydrogens (tertiary/aromatic N) is 1. The Balaban J connectivity index is 1.73. The zero-order valence-electron chi connectivity index (χ0n) is 17.4. The highest BCUT2D eigenvalue weighted by atomic mass is 79.9. The van der Waals surface area contributed by atoms with Crippen molar-refractivity contribution in [1.29, 1.82) is 0 Å². The van der Waals surface area contributed by atoms with E-state index in [9.17, 15) is 19.2 Å². The number of imide groups is 2. The molecule has 0 radical (unpaired) electrons. The number of para-hydroxylation sites is 1. The molecule has 1 aliphatic heterocycles. The van der Waals surface area contributed by atoms with E-state index in [0.717, 1.165) is 4.90 Å². The first-order valence-electron chi connectivity index (χ1n) is 9.89. The average molecular weight is 505 g/mol. The number of anilines is 1. The van der Waals surface area contributed by atoms with E-state index in [1.807, 2.05) is 0 Å². The van der Waals surface area contributed by atoms with Crippen LogP contribution in [0, 0.1) is 6.92 Å². The molecule has 0 aromatic heterocycles. The summed E-state index contributed by atoms with van der Waals surface area (Å²) >= 11 is 3.35. The SMILES string of the molecule is Cc1ccccc1N1C(=O)NC(=O)/C(=C/c2cc(Br)ccc2OC(=O)c2ccccc2)C1=O. The lowest BCUT2D eigenvalue weighted by Gasteiger charge is -2.27. The molecule has 0 bridgehead atoms. The number of aryl methyl sites for hydroxylation is 1. The Hall–Kier alpha value is -4.04. The Labute approximate surface area is 197 Å². The molecule has 1 fully saturated rings. The van der Waals surface area contributed by atoms with E-state index in [-0.39, 0.29) is 11.3 Å². The monoisotopic (exact) mass is 504 g/mol. The first-order chi connectivity index (χ1) is 15.8. The number of hydrogen-bond acceptors (Lipinski definition) is 5. The van der Waals surface area contributed by atoms with E-state index in [4.69, 9.17) is 4.74 Å². The molecule has 0 atom stereocenters. The lowest BCUT2D eigenvalue weighted by molar-refractivity contribution is -0.122. The number of carbonyl (C=O) groups is 4. The maximum atomic E-state index is 13.2. The summed E-state index contributed by atoms with van der Waals surface area (Å²) in [6.07, 6.45) is 1.30. The number of carbonyl (C=O) groups excluding carboxylic acids is 4. The van der Waals surface area contributed by atoms with Gasteiger partial charge in [0.2, 0.25) is 0 Å². The smallest absolute Gasteiger partial charge is 0.343 e. The molecule has 1 heterocycles. The third kappa shape index (κ3) is 4.61. The number of benzene rings is 3. The van der Waals surface area contributed by atoms with Crippen molar-refractivity contribution in [2.24, 2.45) is 0 Å². The van der Waals surface area contributed by atoms with Crippen molar-refractivity contribution in [3.05, 3.63) is 99.5 Å². The van der Waals surface area contributed by atoms with Crippen LogP contribution < -0.4 is 15.0 Å². The maximum Gasteiger partial charge on any atom is 0.343 e. The maximum absolute atomic E-state index is 13.2. The van der Waals surface area contributed by atoms with Gasteiger partial charge in [-0.3, -0.25) is 14.9 Å². The van der Waals surface area contributed by atoms with Crippen molar-refractivity contribution in [2.75, 3.05) is 4.90 Å². The minimum atomic E-state index is -0.838. The van der Waals surface area contributed by atoms with Crippen LogP contribution in [0.3, 0.4) is 0 Å². The molecule has 8 heteroatoms. The van der Waals surface area contributed by atoms with Gasteiger partial charge in [0.1, 0.15) is 11.3 Å². The second kappa shape index (κ2) is 9.22. The van der Waals surface area contributed by atoms with E-state index in [1.165, 1.54) is 6.08 Å². The second-order valence-electron chi connectivity index (χ2n) is 7.18. The summed E-state index contributed by atoms with van der Waals surface area (Å²) in [5, 5.41) is 2.20. The fourth-order valence-electron chi connectivity index (χ4n) is 3.30. The first kappa shape index (κ1) is 22.2. The van der Waals surface area contributed by atoms with Crippen molar-refractivity contribution in [3.8, 4) is 5.75 Å². The fourth-order valence-corrected chi connectivity index (χ4v) is 3.68. The number of nitrogens with one attached hydrogen (secondary N) is 1. The van der Waals surface area contributed by atoms with Gasteiger partial charge in [0, 0.05) is 10.0 Å². The normalized spacial score (nSPS) is 14.9. The van der Waals surface area contributed by atoms with Crippen molar-refractivity contribution in [2.45, 2.75) is 6.92 Å². The number of esters is 1. The molecular weight excluding hydrogens is 488 g/mol. The van der Waals surface area contributed by atoms with E-state index < -0.39 is 23.8 Å². The Morgan fingerprint density at radius 1 is 0.970 bits per heavy atom. The molecular formula is C25H17BrN2O5. The Morgan fingerprint density at radius 3 is 2.39 bits per heavy atom. The van der Waals surface area contributed by atoms with E-state index >= 15 is 0 Å². The molecule has 3 aromatic rings. The topological polar surface area (TPSA) is 92.8 Å². The van der Waals surface area contributed by atoms with Gasteiger partial charge < -0.3 is 4.74 Å². The van der Waals surface area contributed by atoms with Gasteiger partial charge in [-0.2, -0.15) is 0 Å². The Morgan fingerprint density at radius 2 is 1.67 bits per heavy atom. The summed E-state index contributed by atoms with van der Waals surface area (Å²) in [5.74, 6) is -2.05. The third-order valence-corrected chi connectivity index (χ3v) is 5.44. The van der Waals surface area contributed by atoms with Crippen LogP contribution in [-0.2, 0) is 9.59 Å². The summed E-state index contributed by atoms with van der Waals surface area (Å²) in [5.41, 5.74) is 1.44. The number of ether oxygens (including phenoxy) is 1.